The van der Waals surface area contributed by atoms with Crippen LogP contribution in [-0.4, -0.2) is 21.4 Å². The monoisotopic (exact) mass is 452 g/mol. The average molecular weight is 453 g/mol. The summed E-state index contributed by atoms with van der Waals surface area (Å²) in [6.07, 6.45) is 0. The Hall–Kier alpha value is -3.36. The Balaban J connectivity index is 1.68. The van der Waals surface area contributed by atoms with Gasteiger partial charge in [-0.15, -0.1) is 11.3 Å². The van der Waals surface area contributed by atoms with Crippen molar-refractivity contribution in [3.05, 3.63) is 89.3 Å². The lowest BCUT2D eigenvalue weighted by Crippen LogP contribution is -2.25. The van der Waals surface area contributed by atoms with Crippen molar-refractivity contribution in [2.75, 3.05) is 11.8 Å². The predicted octanol–water partition coefficient (Wildman–Crippen LogP) is 4.64. The zero-order valence-electron chi connectivity index (χ0n) is 16.7. The molecule has 0 spiro atoms. The summed E-state index contributed by atoms with van der Waals surface area (Å²) < 4.78 is 33.7. The van der Waals surface area contributed by atoms with Crippen LogP contribution in [0.5, 0.6) is 5.75 Å². The number of nitrogens with one attached hydrogen (secondary N) is 2. The third kappa shape index (κ3) is 4.55. The zero-order chi connectivity index (χ0) is 21.8. The van der Waals surface area contributed by atoms with Crippen LogP contribution in [0.1, 0.15) is 15.9 Å². The lowest BCUT2D eigenvalue weighted by Gasteiger charge is -2.14. The van der Waals surface area contributed by atoms with Crippen molar-refractivity contribution in [3.8, 4) is 5.75 Å². The first kappa shape index (κ1) is 20.9. The van der Waals surface area contributed by atoms with Crippen molar-refractivity contribution in [1.82, 2.24) is 5.32 Å². The molecule has 0 atom stereocenters. The number of sulfonamides is 1. The van der Waals surface area contributed by atoms with Crippen molar-refractivity contribution in [3.63, 3.8) is 0 Å². The molecule has 0 saturated carbocycles. The number of carbonyl (C=O) groups is 1. The Morgan fingerprint density at radius 3 is 2.39 bits per heavy atom. The number of para-hydroxylation sites is 1. The van der Waals surface area contributed by atoms with Gasteiger partial charge in [0, 0.05) is 12.1 Å². The van der Waals surface area contributed by atoms with Crippen molar-refractivity contribution >= 4 is 43.7 Å². The van der Waals surface area contributed by atoms with Crippen LogP contribution in [0.2, 0.25) is 0 Å². The summed E-state index contributed by atoms with van der Waals surface area (Å²) in [6.45, 7) is 0.243. The van der Waals surface area contributed by atoms with Gasteiger partial charge in [0.25, 0.3) is 15.9 Å². The largest absolute Gasteiger partial charge is 0.496 e. The number of hydrogen-bond donors (Lipinski definition) is 2. The lowest BCUT2D eigenvalue weighted by atomic mass is 10.0. The minimum atomic E-state index is -3.80. The maximum Gasteiger partial charge on any atom is 0.271 e. The Kier molecular flexibility index (Phi) is 5.92. The van der Waals surface area contributed by atoms with Crippen LogP contribution in [-0.2, 0) is 16.6 Å². The van der Waals surface area contributed by atoms with Crippen molar-refractivity contribution < 1.29 is 17.9 Å². The van der Waals surface area contributed by atoms with Gasteiger partial charge >= 0.3 is 0 Å². The number of methoxy groups -OCH3 is 1. The minimum absolute atomic E-state index is 0.182. The third-order valence-electron chi connectivity index (χ3n) is 4.77. The molecular formula is C23H20N2O4S2. The van der Waals surface area contributed by atoms with Crippen LogP contribution in [0.25, 0.3) is 10.8 Å². The number of rotatable bonds is 7. The van der Waals surface area contributed by atoms with Crippen LogP contribution in [0.4, 0.5) is 5.69 Å². The van der Waals surface area contributed by atoms with Crippen LogP contribution >= 0.6 is 11.3 Å². The lowest BCUT2D eigenvalue weighted by molar-refractivity contribution is 0.0951. The van der Waals surface area contributed by atoms with Gasteiger partial charge in [0.2, 0.25) is 0 Å². The summed E-state index contributed by atoms with van der Waals surface area (Å²) in [6, 6.07) is 21.4. The molecule has 0 bridgehead atoms. The van der Waals surface area contributed by atoms with E-state index in [0.29, 0.717) is 5.75 Å². The highest BCUT2D eigenvalue weighted by atomic mass is 32.2. The summed E-state index contributed by atoms with van der Waals surface area (Å²) in [5, 5.41) is 6.22. The van der Waals surface area contributed by atoms with E-state index in [2.05, 4.69) is 10.0 Å². The highest BCUT2D eigenvalue weighted by molar-refractivity contribution is 7.94. The Bertz CT molecular complexity index is 1330. The molecule has 8 heteroatoms. The molecule has 1 amide bonds. The second kappa shape index (κ2) is 8.79. The van der Waals surface area contributed by atoms with E-state index in [1.807, 2.05) is 48.5 Å². The molecule has 0 unspecified atom stereocenters. The molecule has 4 aromatic rings. The predicted molar refractivity (Wildman–Crippen MR) is 123 cm³/mol. The van der Waals surface area contributed by atoms with E-state index >= 15 is 0 Å². The molecule has 158 valence electrons. The Labute approximate surface area is 184 Å². The summed E-state index contributed by atoms with van der Waals surface area (Å²) in [7, 11) is -2.23. The SMILES string of the molecule is COc1ccccc1CNC(=O)c1cc2ccccc2cc1NS(=O)(=O)c1cccs1. The normalized spacial score (nSPS) is 11.3. The van der Waals surface area contributed by atoms with Gasteiger partial charge in [0.05, 0.1) is 18.4 Å². The summed E-state index contributed by atoms with van der Waals surface area (Å²) in [5.41, 5.74) is 1.29. The van der Waals surface area contributed by atoms with Crippen LogP contribution in [0, 0.1) is 0 Å². The van der Waals surface area contributed by atoms with Crippen LogP contribution in [0.15, 0.2) is 82.4 Å². The highest BCUT2D eigenvalue weighted by Crippen LogP contribution is 2.28. The number of fused-ring (bicyclic) bond motifs is 1. The molecule has 0 saturated heterocycles. The molecule has 0 radical (unpaired) electrons. The van der Waals surface area contributed by atoms with Gasteiger partial charge in [-0.05, 0) is 40.4 Å². The zero-order valence-corrected chi connectivity index (χ0v) is 18.3. The molecule has 3 aromatic carbocycles. The average Bonchev–Trinajstić information content (AvgIpc) is 3.33. The van der Waals surface area contributed by atoms with Crippen molar-refractivity contribution in [2.45, 2.75) is 10.8 Å². The fourth-order valence-electron chi connectivity index (χ4n) is 3.24. The summed E-state index contributed by atoms with van der Waals surface area (Å²) >= 11 is 1.11. The number of carbonyl (C=O) groups excluding carboxylic acids is 1. The van der Waals surface area contributed by atoms with E-state index in [1.54, 1.807) is 30.7 Å². The van der Waals surface area contributed by atoms with Gasteiger partial charge in [-0.2, -0.15) is 0 Å². The second-order valence-corrected chi connectivity index (χ2v) is 9.63. The first-order valence-electron chi connectivity index (χ1n) is 9.47. The van der Waals surface area contributed by atoms with Crippen LogP contribution < -0.4 is 14.8 Å². The standard InChI is InChI=1S/C23H20N2O4S2/c1-29-21-10-5-4-9-18(21)15-24-23(26)19-13-16-7-2-3-8-17(16)14-20(19)25-31(27,28)22-11-6-12-30-22/h2-14,25H,15H2,1H3,(H,24,26). The van der Waals surface area contributed by atoms with Crippen LogP contribution in [0.3, 0.4) is 0 Å². The Morgan fingerprint density at radius 1 is 0.968 bits per heavy atom. The van der Waals surface area contributed by atoms with E-state index in [4.69, 9.17) is 4.74 Å². The maximum absolute atomic E-state index is 13.1. The molecule has 0 aliphatic carbocycles. The van der Waals surface area contributed by atoms with E-state index < -0.39 is 10.0 Å². The molecule has 1 aromatic heterocycles. The number of hydrogen-bond acceptors (Lipinski definition) is 5. The Morgan fingerprint density at radius 2 is 1.68 bits per heavy atom. The first-order valence-corrected chi connectivity index (χ1v) is 11.8. The first-order chi connectivity index (χ1) is 15.0. The number of anilines is 1. The van der Waals surface area contributed by atoms with Gasteiger partial charge in [-0.25, -0.2) is 8.42 Å². The topological polar surface area (TPSA) is 84.5 Å². The molecule has 0 aliphatic rings. The van der Waals surface area contributed by atoms with Gasteiger partial charge in [-0.1, -0.05) is 48.5 Å². The van der Waals surface area contributed by atoms with Crippen molar-refractivity contribution in [2.24, 2.45) is 0 Å². The highest BCUT2D eigenvalue weighted by Gasteiger charge is 2.20. The number of ether oxygens (including phenoxy) is 1. The number of benzene rings is 3. The number of amides is 1. The van der Waals surface area contributed by atoms with Gasteiger partial charge < -0.3 is 10.1 Å². The fourth-order valence-corrected chi connectivity index (χ4v) is 5.31. The van der Waals surface area contributed by atoms with Crippen molar-refractivity contribution in [1.29, 1.82) is 0 Å². The van der Waals surface area contributed by atoms with E-state index in [9.17, 15) is 13.2 Å². The van der Waals surface area contributed by atoms with E-state index in [0.717, 1.165) is 27.7 Å². The smallest absolute Gasteiger partial charge is 0.271 e. The summed E-state index contributed by atoms with van der Waals surface area (Å²) in [4.78, 5) is 13.1. The second-order valence-electron chi connectivity index (χ2n) is 6.78. The number of thiophene rings is 1. The van der Waals surface area contributed by atoms with E-state index in [-0.39, 0.29) is 27.9 Å². The maximum atomic E-state index is 13.1. The van der Waals surface area contributed by atoms with Gasteiger partial charge in [0.1, 0.15) is 9.96 Å². The minimum Gasteiger partial charge on any atom is -0.496 e. The van der Waals surface area contributed by atoms with Gasteiger partial charge in [-0.3, -0.25) is 9.52 Å². The molecule has 0 aliphatic heterocycles. The molecule has 1 heterocycles. The molecule has 0 fully saturated rings. The molecule has 31 heavy (non-hydrogen) atoms. The molecule has 2 N–H and O–H groups in total. The third-order valence-corrected chi connectivity index (χ3v) is 7.53. The molecule has 4 rings (SSSR count). The quantitative estimate of drug-likeness (QED) is 0.428. The van der Waals surface area contributed by atoms with Gasteiger partial charge in [0.15, 0.2) is 0 Å². The fraction of sp³-hybridized carbons (Fsp3) is 0.0870. The molecule has 6 nitrogen and oxygen atoms in total. The molecular weight excluding hydrogens is 432 g/mol. The summed E-state index contributed by atoms with van der Waals surface area (Å²) in [5.74, 6) is 0.278. The van der Waals surface area contributed by atoms with E-state index in [1.165, 1.54) is 6.07 Å².